The number of ether oxygens (including phenoxy) is 1. The van der Waals surface area contributed by atoms with Crippen molar-refractivity contribution in [1.29, 1.82) is 0 Å². The van der Waals surface area contributed by atoms with Crippen molar-refractivity contribution in [2.75, 3.05) is 13.7 Å². The normalized spacial score (nSPS) is 18.4. The second-order valence-corrected chi connectivity index (χ2v) is 1.90. The zero-order chi connectivity index (χ0) is 4.41. The molecular formula is C5H11NaO. The molecule has 0 aromatic carbocycles. The molecule has 0 aromatic rings. The van der Waals surface area contributed by atoms with Crippen LogP contribution in [0.15, 0.2) is 0 Å². The SMILES string of the molecule is COCC1CC1.[NaH]. The van der Waals surface area contributed by atoms with E-state index in [1.54, 1.807) is 7.11 Å². The second-order valence-electron chi connectivity index (χ2n) is 1.90. The van der Waals surface area contributed by atoms with Crippen LogP contribution in [0, 0.1) is 5.92 Å². The molecule has 0 atom stereocenters. The minimum absolute atomic E-state index is 0. The topological polar surface area (TPSA) is 9.23 Å². The molecule has 0 N–H and O–H groups in total. The second kappa shape index (κ2) is 3.90. The van der Waals surface area contributed by atoms with E-state index in [0.29, 0.717) is 0 Å². The van der Waals surface area contributed by atoms with Crippen LogP contribution in [0.2, 0.25) is 0 Å². The van der Waals surface area contributed by atoms with Crippen molar-refractivity contribution in [2.24, 2.45) is 5.92 Å². The minimum atomic E-state index is 0. The molecule has 0 aromatic heterocycles. The average molecular weight is 110 g/mol. The molecule has 0 bridgehead atoms. The van der Waals surface area contributed by atoms with Gasteiger partial charge in [-0.3, -0.25) is 0 Å². The summed E-state index contributed by atoms with van der Waals surface area (Å²) in [5, 5.41) is 0. The van der Waals surface area contributed by atoms with E-state index in [2.05, 4.69) is 0 Å². The van der Waals surface area contributed by atoms with Crippen molar-refractivity contribution < 1.29 is 4.74 Å². The average Bonchev–Trinajstić information content (AvgIpc) is 2.21. The summed E-state index contributed by atoms with van der Waals surface area (Å²) in [6.45, 7) is 0.986. The van der Waals surface area contributed by atoms with Crippen LogP contribution >= 0.6 is 0 Å². The monoisotopic (exact) mass is 110 g/mol. The van der Waals surface area contributed by atoms with Crippen molar-refractivity contribution in [3.63, 3.8) is 0 Å². The van der Waals surface area contributed by atoms with Crippen LogP contribution in [0.5, 0.6) is 0 Å². The molecule has 0 radical (unpaired) electrons. The molecule has 0 aliphatic heterocycles. The zero-order valence-electron chi connectivity index (χ0n) is 4.11. The molecule has 0 amide bonds. The van der Waals surface area contributed by atoms with Gasteiger partial charge in [-0.1, -0.05) is 0 Å². The van der Waals surface area contributed by atoms with Gasteiger partial charge in [0.2, 0.25) is 0 Å². The summed E-state index contributed by atoms with van der Waals surface area (Å²) in [5.74, 6) is 0.926. The molecule has 0 spiro atoms. The van der Waals surface area contributed by atoms with E-state index in [0.717, 1.165) is 12.5 Å². The van der Waals surface area contributed by atoms with Gasteiger partial charge in [0.1, 0.15) is 0 Å². The van der Waals surface area contributed by atoms with E-state index in [1.807, 2.05) is 0 Å². The summed E-state index contributed by atoms with van der Waals surface area (Å²) < 4.78 is 4.87. The first-order chi connectivity index (χ1) is 2.93. The fourth-order valence-corrected chi connectivity index (χ4v) is 0.520. The van der Waals surface area contributed by atoms with E-state index in [1.165, 1.54) is 12.8 Å². The van der Waals surface area contributed by atoms with Gasteiger partial charge in [-0.25, -0.2) is 0 Å². The molecule has 1 aliphatic carbocycles. The van der Waals surface area contributed by atoms with Gasteiger partial charge >= 0.3 is 29.6 Å². The standard InChI is InChI=1S/C5H10O.Na.H/c1-6-4-5-2-3-5;;/h5H,2-4H2,1H3;;. The fraction of sp³-hybridized carbons (Fsp3) is 1.00. The third kappa shape index (κ3) is 3.53. The Morgan fingerprint density at radius 3 is 2.29 bits per heavy atom. The summed E-state index contributed by atoms with van der Waals surface area (Å²) in [6, 6.07) is 0. The van der Waals surface area contributed by atoms with Crippen LogP contribution in [0.1, 0.15) is 12.8 Å². The van der Waals surface area contributed by atoms with Crippen LogP contribution in [-0.4, -0.2) is 43.3 Å². The molecule has 1 aliphatic rings. The molecule has 0 unspecified atom stereocenters. The van der Waals surface area contributed by atoms with Crippen LogP contribution in [-0.2, 0) is 4.74 Å². The van der Waals surface area contributed by atoms with Gasteiger partial charge in [0, 0.05) is 13.7 Å². The third-order valence-electron chi connectivity index (χ3n) is 1.10. The van der Waals surface area contributed by atoms with Gasteiger partial charge in [-0.2, -0.15) is 0 Å². The predicted molar refractivity (Wildman–Crippen MR) is 31.7 cm³/mol. The van der Waals surface area contributed by atoms with E-state index < -0.39 is 0 Å². The molecule has 1 fully saturated rings. The van der Waals surface area contributed by atoms with Crippen molar-refractivity contribution >= 4 is 29.6 Å². The number of rotatable bonds is 2. The molecule has 1 rings (SSSR count). The van der Waals surface area contributed by atoms with E-state index >= 15 is 0 Å². The van der Waals surface area contributed by atoms with Gasteiger partial charge in [0.15, 0.2) is 0 Å². The quantitative estimate of drug-likeness (QED) is 0.467. The van der Waals surface area contributed by atoms with Crippen LogP contribution in [0.25, 0.3) is 0 Å². The van der Waals surface area contributed by atoms with Crippen LogP contribution < -0.4 is 0 Å². The first-order valence-electron chi connectivity index (χ1n) is 2.42. The fourth-order valence-electron chi connectivity index (χ4n) is 0.520. The Bertz CT molecular complexity index is 43.3. The Hall–Kier alpha value is 0.960. The van der Waals surface area contributed by atoms with Gasteiger partial charge in [0.05, 0.1) is 0 Å². The van der Waals surface area contributed by atoms with Crippen molar-refractivity contribution in [3.8, 4) is 0 Å². The van der Waals surface area contributed by atoms with Crippen molar-refractivity contribution in [1.82, 2.24) is 0 Å². The Balaban J connectivity index is 0.000000360. The molecule has 1 nitrogen and oxygen atoms in total. The molecule has 7 heavy (non-hydrogen) atoms. The molecular weight excluding hydrogens is 99.0 g/mol. The van der Waals surface area contributed by atoms with Crippen LogP contribution in [0.3, 0.4) is 0 Å². The molecule has 38 valence electrons. The van der Waals surface area contributed by atoms with E-state index in [4.69, 9.17) is 4.74 Å². The Kier molecular flexibility index (Phi) is 4.44. The summed E-state index contributed by atoms with van der Waals surface area (Å²) in [4.78, 5) is 0. The van der Waals surface area contributed by atoms with Gasteiger partial charge < -0.3 is 4.74 Å². The Morgan fingerprint density at radius 2 is 2.14 bits per heavy atom. The first-order valence-corrected chi connectivity index (χ1v) is 2.42. The maximum atomic E-state index is 4.87. The van der Waals surface area contributed by atoms with Crippen LogP contribution in [0.4, 0.5) is 0 Å². The summed E-state index contributed by atoms with van der Waals surface area (Å²) in [6.07, 6.45) is 2.79. The summed E-state index contributed by atoms with van der Waals surface area (Å²) in [5.41, 5.74) is 0. The van der Waals surface area contributed by atoms with E-state index in [-0.39, 0.29) is 29.6 Å². The molecule has 2 heteroatoms. The Morgan fingerprint density at radius 1 is 1.57 bits per heavy atom. The number of hydrogen-bond acceptors (Lipinski definition) is 1. The number of hydrogen-bond donors (Lipinski definition) is 0. The maximum absolute atomic E-state index is 4.87. The summed E-state index contributed by atoms with van der Waals surface area (Å²) >= 11 is 0. The molecule has 0 saturated heterocycles. The van der Waals surface area contributed by atoms with Crippen molar-refractivity contribution in [3.05, 3.63) is 0 Å². The molecule has 1 saturated carbocycles. The summed E-state index contributed by atoms with van der Waals surface area (Å²) in [7, 11) is 1.76. The van der Waals surface area contributed by atoms with Gasteiger partial charge in [-0.15, -0.1) is 0 Å². The Labute approximate surface area is 66.7 Å². The number of methoxy groups -OCH3 is 1. The van der Waals surface area contributed by atoms with Gasteiger partial charge in [-0.05, 0) is 18.8 Å². The zero-order valence-corrected chi connectivity index (χ0v) is 4.11. The predicted octanol–water partition coefficient (Wildman–Crippen LogP) is 0.394. The van der Waals surface area contributed by atoms with Gasteiger partial charge in [0.25, 0.3) is 0 Å². The van der Waals surface area contributed by atoms with Crippen molar-refractivity contribution in [2.45, 2.75) is 12.8 Å². The molecule has 0 heterocycles. The third-order valence-corrected chi connectivity index (χ3v) is 1.10. The first kappa shape index (κ1) is 7.96. The van der Waals surface area contributed by atoms with E-state index in [9.17, 15) is 0 Å².